The Balaban J connectivity index is 2.47. The average molecular weight is 227 g/mol. The normalized spacial score (nSPS) is 15.1. The van der Waals surface area contributed by atoms with E-state index in [1.54, 1.807) is 0 Å². The molecule has 2 rings (SSSR count). The Morgan fingerprint density at radius 1 is 1.42 bits per heavy atom. The molecule has 0 radical (unpaired) electrons. The maximum atomic E-state index is 11.3. The third-order valence-corrected chi connectivity index (χ3v) is 2.26. The number of carbonyl (C=O) groups excluding carboxylic acids is 1. The molecule has 1 heterocycles. The molecule has 0 bridgehead atoms. The van der Waals surface area contributed by atoms with Gasteiger partial charge in [0.25, 0.3) is 0 Å². The summed E-state index contributed by atoms with van der Waals surface area (Å²) in [4.78, 5) is 11.3. The Hall–Kier alpha value is -0.870. The first-order valence-corrected chi connectivity index (χ1v) is 4.39. The van der Waals surface area contributed by atoms with E-state index in [1.165, 1.54) is 5.01 Å². The molecule has 1 aliphatic heterocycles. The first-order chi connectivity index (χ1) is 5.83. The highest BCUT2D eigenvalue weighted by atomic mass is 79.9. The van der Waals surface area contributed by atoms with E-state index in [2.05, 4.69) is 20.6 Å². The summed E-state index contributed by atoms with van der Waals surface area (Å²) in [6, 6.07) is 7.71. The molecule has 1 aliphatic rings. The molecule has 0 spiro atoms. The Morgan fingerprint density at radius 2 is 2.17 bits per heavy atom. The second-order valence-electron chi connectivity index (χ2n) is 2.62. The largest absolute Gasteiger partial charge is 0.273 e. The van der Waals surface area contributed by atoms with Gasteiger partial charge in [-0.3, -0.25) is 4.79 Å². The highest BCUT2D eigenvalue weighted by molar-refractivity contribution is 9.08. The van der Waals surface area contributed by atoms with E-state index in [1.807, 2.05) is 24.3 Å². The second-order valence-corrected chi connectivity index (χ2v) is 2.97. The number of halogens is 1. The van der Waals surface area contributed by atoms with Gasteiger partial charge in [0.2, 0.25) is 5.91 Å². The van der Waals surface area contributed by atoms with Crippen LogP contribution in [0, 0.1) is 0 Å². The number of rotatable bonds is 1. The molecule has 0 fully saturated rings. The van der Waals surface area contributed by atoms with Crippen LogP contribution in [-0.2, 0) is 11.2 Å². The molecular formula is C8H7BrN2O. The Labute approximate surface area is 78.7 Å². The third-order valence-electron chi connectivity index (χ3n) is 1.91. The fraction of sp³-hybridized carbons (Fsp3) is 0.125. The van der Waals surface area contributed by atoms with Gasteiger partial charge in [-0.1, -0.05) is 18.2 Å². The lowest BCUT2D eigenvalue weighted by Gasteiger charge is -2.12. The standard InChI is InChI=1S/C8H7BrN2O/c9-10-11-7-4-2-1-3-6(7)5-8(11)12/h1-4,10H,5H2. The van der Waals surface area contributed by atoms with E-state index in [-0.39, 0.29) is 5.91 Å². The first kappa shape index (κ1) is 7.76. The zero-order valence-corrected chi connectivity index (χ0v) is 7.84. The predicted molar refractivity (Wildman–Crippen MR) is 49.7 cm³/mol. The van der Waals surface area contributed by atoms with Crippen LogP contribution in [0.3, 0.4) is 0 Å². The first-order valence-electron chi connectivity index (χ1n) is 3.60. The van der Waals surface area contributed by atoms with Crippen molar-refractivity contribution in [3.63, 3.8) is 0 Å². The van der Waals surface area contributed by atoms with Crippen LogP contribution in [-0.4, -0.2) is 5.91 Å². The summed E-state index contributed by atoms with van der Waals surface area (Å²) in [5.74, 6) is 0.0630. The zero-order chi connectivity index (χ0) is 8.55. The minimum atomic E-state index is 0.0630. The number of hydrogen-bond acceptors (Lipinski definition) is 2. The lowest BCUT2D eigenvalue weighted by atomic mass is 10.2. The van der Waals surface area contributed by atoms with Crippen molar-refractivity contribution in [3.8, 4) is 0 Å². The van der Waals surface area contributed by atoms with Gasteiger partial charge < -0.3 is 0 Å². The van der Waals surface area contributed by atoms with E-state index >= 15 is 0 Å². The molecular weight excluding hydrogens is 220 g/mol. The van der Waals surface area contributed by atoms with Crippen molar-refractivity contribution in [2.45, 2.75) is 6.42 Å². The summed E-state index contributed by atoms with van der Waals surface area (Å²) < 4.78 is 2.67. The molecule has 1 aromatic rings. The number of carbonyl (C=O) groups is 1. The van der Waals surface area contributed by atoms with Gasteiger partial charge in [-0.25, -0.2) is 5.01 Å². The fourth-order valence-electron chi connectivity index (χ4n) is 1.35. The molecule has 3 nitrogen and oxygen atoms in total. The lowest BCUT2D eigenvalue weighted by molar-refractivity contribution is -0.117. The van der Waals surface area contributed by atoms with Gasteiger partial charge >= 0.3 is 0 Å². The zero-order valence-electron chi connectivity index (χ0n) is 6.25. The maximum Gasteiger partial charge on any atom is 0.246 e. The number of hydrazine groups is 1. The smallest absolute Gasteiger partial charge is 0.246 e. The fourth-order valence-corrected chi connectivity index (χ4v) is 1.74. The molecule has 12 heavy (non-hydrogen) atoms. The van der Waals surface area contributed by atoms with E-state index in [9.17, 15) is 4.79 Å². The number of fused-ring (bicyclic) bond motifs is 1. The molecule has 1 N–H and O–H groups in total. The van der Waals surface area contributed by atoms with Gasteiger partial charge in [-0.15, -0.1) is 0 Å². The Kier molecular flexibility index (Phi) is 1.86. The van der Waals surface area contributed by atoms with Crippen molar-refractivity contribution in [1.82, 2.24) is 4.45 Å². The minimum absolute atomic E-state index is 0.0630. The Bertz CT molecular complexity index is 327. The monoisotopic (exact) mass is 226 g/mol. The molecule has 0 aliphatic carbocycles. The van der Waals surface area contributed by atoms with Crippen molar-refractivity contribution in [2.75, 3.05) is 5.01 Å². The molecule has 1 amide bonds. The molecule has 0 aromatic heterocycles. The predicted octanol–water partition coefficient (Wildman–Crippen LogP) is 1.39. The van der Waals surface area contributed by atoms with E-state index in [0.29, 0.717) is 6.42 Å². The maximum absolute atomic E-state index is 11.3. The number of benzene rings is 1. The topological polar surface area (TPSA) is 32.3 Å². The average Bonchev–Trinajstić information content (AvgIpc) is 2.40. The summed E-state index contributed by atoms with van der Waals surface area (Å²) in [6.07, 6.45) is 0.481. The SMILES string of the molecule is O=C1Cc2ccccc2N1NBr. The quantitative estimate of drug-likeness (QED) is 0.735. The van der Waals surface area contributed by atoms with Crippen LogP contribution in [0.25, 0.3) is 0 Å². The van der Waals surface area contributed by atoms with Crippen LogP contribution in [0.1, 0.15) is 5.56 Å². The van der Waals surface area contributed by atoms with Gasteiger partial charge in [-0.2, -0.15) is 4.45 Å². The third kappa shape index (κ3) is 1.04. The van der Waals surface area contributed by atoms with Crippen LogP contribution in [0.2, 0.25) is 0 Å². The van der Waals surface area contributed by atoms with E-state index in [0.717, 1.165) is 11.3 Å². The van der Waals surface area contributed by atoms with E-state index < -0.39 is 0 Å². The molecule has 1 aromatic carbocycles. The van der Waals surface area contributed by atoms with Crippen molar-refractivity contribution >= 4 is 27.7 Å². The van der Waals surface area contributed by atoms with Crippen LogP contribution < -0.4 is 9.46 Å². The van der Waals surface area contributed by atoms with Gasteiger partial charge in [0.15, 0.2) is 0 Å². The summed E-state index contributed by atoms with van der Waals surface area (Å²) in [5, 5.41) is 1.50. The molecule has 4 heteroatoms. The highest BCUT2D eigenvalue weighted by Gasteiger charge is 2.25. The second kappa shape index (κ2) is 2.88. The molecule has 0 saturated carbocycles. The number of para-hydroxylation sites is 1. The van der Waals surface area contributed by atoms with Gasteiger partial charge in [-0.05, 0) is 11.6 Å². The summed E-state index contributed by atoms with van der Waals surface area (Å²) in [6.45, 7) is 0. The van der Waals surface area contributed by atoms with Crippen molar-refractivity contribution in [1.29, 1.82) is 0 Å². The molecule has 0 unspecified atom stereocenters. The number of nitrogens with zero attached hydrogens (tertiary/aromatic N) is 1. The van der Waals surface area contributed by atoms with Crippen LogP contribution >= 0.6 is 16.1 Å². The van der Waals surface area contributed by atoms with Crippen LogP contribution in [0.5, 0.6) is 0 Å². The summed E-state index contributed by atoms with van der Waals surface area (Å²) in [5.41, 5.74) is 1.99. The number of hydrogen-bond donors (Lipinski definition) is 1. The highest BCUT2D eigenvalue weighted by Crippen LogP contribution is 2.26. The number of amides is 1. The van der Waals surface area contributed by atoms with Crippen LogP contribution in [0.15, 0.2) is 24.3 Å². The summed E-state index contributed by atoms with van der Waals surface area (Å²) >= 11 is 3.04. The lowest BCUT2D eigenvalue weighted by Crippen LogP contribution is -2.33. The van der Waals surface area contributed by atoms with Crippen molar-refractivity contribution < 1.29 is 4.79 Å². The van der Waals surface area contributed by atoms with Crippen molar-refractivity contribution in [2.24, 2.45) is 0 Å². The molecule has 0 saturated heterocycles. The van der Waals surface area contributed by atoms with Gasteiger partial charge in [0.1, 0.15) is 0 Å². The van der Waals surface area contributed by atoms with Crippen molar-refractivity contribution in [3.05, 3.63) is 29.8 Å². The van der Waals surface area contributed by atoms with Crippen LogP contribution in [0.4, 0.5) is 5.69 Å². The van der Waals surface area contributed by atoms with Gasteiger partial charge in [0, 0.05) is 16.1 Å². The molecule has 0 atom stereocenters. The molecule has 62 valence electrons. The summed E-state index contributed by atoms with van der Waals surface area (Å²) in [7, 11) is 0. The minimum Gasteiger partial charge on any atom is -0.273 e. The number of nitrogens with one attached hydrogen (secondary N) is 1. The van der Waals surface area contributed by atoms with Gasteiger partial charge in [0.05, 0.1) is 12.1 Å². The Morgan fingerprint density at radius 3 is 2.92 bits per heavy atom. The number of anilines is 1. The van der Waals surface area contributed by atoms with E-state index in [4.69, 9.17) is 0 Å².